The second-order valence-corrected chi connectivity index (χ2v) is 6.72. The van der Waals surface area contributed by atoms with E-state index >= 15 is 0 Å². The summed E-state index contributed by atoms with van der Waals surface area (Å²) < 4.78 is 4.82. The maximum atomic E-state index is 13.1. The molecule has 7 nitrogen and oxygen atoms in total. The molecule has 7 heteroatoms. The fraction of sp³-hybridized carbons (Fsp3) is 0.238. The number of amides is 2. The molecule has 1 fully saturated rings. The average molecular weight is 376 g/mol. The number of ether oxygens (including phenoxy) is 1. The van der Waals surface area contributed by atoms with Crippen molar-refractivity contribution >= 4 is 22.7 Å². The lowest BCUT2D eigenvalue weighted by Gasteiger charge is -2.39. The smallest absolute Gasteiger partial charge is 0.254 e. The topological polar surface area (TPSA) is 84.4 Å². The number of methoxy groups -OCH3 is 1. The number of rotatable bonds is 5. The summed E-state index contributed by atoms with van der Waals surface area (Å²) in [6, 6.07) is 13.1. The molecule has 142 valence electrons. The molecule has 0 aliphatic carbocycles. The van der Waals surface area contributed by atoms with E-state index in [4.69, 9.17) is 9.72 Å². The van der Waals surface area contributed by atoms with Gasteiger partial charge < -0.3 is 15.0 Å². The van der Waals surface area contributed by atoms with Gasteiger partial charge in [-0.3, -0.25) is 14.6 Å². The number of fused-ring (bicyclic) bond motifs is 1. The third kappa shape index (κ3) is 3.57. The normalized spacial score (nSPS) is 14.0. The molecule has 0 bridgehead atoms. The summed E-state index contributed by atoms with van der Waals surface area (Å²) >= 11 is 0. The van der Waals surface area contributed by atoms with Crippen LogP contribution in [0.5, 0.6) is 0 Å². The highest BCUT2D eigenvalue weighted by molar-refractivity contribution is 6.07. The Morgan fingerprint density at radius 1 is 1.18 bits per heavy atom. The molecule has 0 spiro atoms. The third-order valence-corrected chi connectivity index (χ3v) is 4.73. The van der Waals surface area contributed by atoms with Crippen LogP contribution in [0.4, 0.5) is 0 Å². The summed E-state index contributed by atoms with van der Waals surface area (Å²) in [5.74, 6) is -0.236. The van der Waals surface area contributed by atoms with Crippen LogP contribution < -0.4 is 5.32 Å². The van der Waals surface area contributed by atoms with Gasteiger partial charge in [-0.1, -0.05) is 18.2 Å². The van der Waals surface area contributed by atoms with Gasteiger partial charge in [0.2, 0.25) is 5.91 Å². The maximum Gasteiger partial charge on any atom is 0.254 e. The Morgan fingerprint density at radius 3 is 2.68 bits per heavy atom. The van der Waals surface area contributed by atoms with Crippen LogP contribution in [0.25, 0.3) is 22.2 Å². The van der Waals surface area contributed by atoms with E-state index in [1.165, 1.54) is 7.11 Å². The Kier molecular flexibility index (Phi) is 4.99. The highest BCUT2D eigenvalue weighted by Crippen LogP contribution is 2.26. The first kappa shape index (κ1) is 18.1. The number of nitrogens with one attached hydrogen (secondary N) is 1. The molecular formula is C21H20N4O3. The molecule has 28 heavy (non-hydrogen) atoms. The summed E-state index contributed by atoms with van der Waals surface area (Å²) in [5, 5.41) is 3.67. The number of nitrogens with zero attached hydrogens (tertiary/aromatic N) is 3. The van der Waals surface area contributed by atoms with Crippen molar-refractivity contribution in [2.24, 2.45) is 0 Å². The molecule has 2 aromatic heterocycles. The number of carbonyl (C=O) groups is 2. The van der Waals surface area contributed by atoms with Gasteiger partial charge >= 0.3 is 0 Å². The van der Waals surface area contributed by atoms with Crippen LogP contribution in [0, 0.1) is 0 Å². The van der Waals surface area contributed by atoms with Crippen LogP contribution >= 0.6 is 0 Å². The maximum absolute atomic E-state index is 13.1. The van der Waals surface area contributed by atoms with Crippen molar-refractivity contribution in [3.8, 4) is 11.3 Å². The SMILES string of the molecule is COCC(=O)NC1CN(C(=O)c2cc(-c3ccncc3)nc3ccccc23)C1. The average Bonchev–Trinajstić information content (AvgIpc) is 2.70. The lowest BCUT2D eigenvalue weighted by atomic mass is 10.0. The molecule has 0 atom stereocenters. The summed E-state index contributed by atoms with van der Waals surface area (Å²) in [4.78, 5) is 35.2. The first-order valence-corrected chi connectivity index (χ1v) is 9.03. The van der Waals surface area contributed by atoms with E-state index < -0.39 is 0 Å². The number of likely N-dealkylation sites (tertiary alicyclic amines) is 1. The Hall–Kier alpha value is -3.32. The Morgan fingerprint density at radius 2 is 1.93 bits per heavy atom. The monoisotopic (exact) mass is 376 g/mol. The first-order chi connectivity index (χ1) is 13.7. The number of hydrogen-bond donors (Lipinski definition) is 1. The van der Waals surface area contributed by atoms with Crippen molar-refractivity contribution in [3.63, 3.8) is 0 Å². The molecule has 1 N–H and O–H groups in total. The van der Waals surface area contributed by atoms with Gasteiger partial charge in [0, 0.05) is 43.5 Å². The molecule has 2 amide bonds. The van der Waals surface area contributed by atoms with E-state index in [1.54, 1.807) is 17.3 Å². The van der Waals surface area contributed by atoms with Crippen LogP contribution in [-0.4, -0.2) is 59.5 Å². The molecule has 0 unspecified atom stereocenters. The zero-order valence-electron chi connectivity index (χ0n) is 15.5. The number of para-hydroxylation sites is 1. The van der Waals surface area contributed by atoms with Gasteiger partial charge in [-0.05, 0) is 24.3 Å². The highest BCUT2D eigenvalue weighted by atomic mass is 16.5. The lowest BCUT2D eigenvalue weighted by molar-refractivity contribution is -0.126. The summed E-state index contributed by atoms with van der Waals surface area (Å²) in [6.45, 7) is 0.986. The van der Waals surface area contributed by atoms with Crippen molar-refractivity contribution in [3.05, 3.63) is 60.4 Å². The minimum atomic E-state index is -0.172. The Labute approximate surface area is 162 Å². The van der Waals surface area contributed by atoms with Gasteiger partial charge in [0.1, 0.15) is 6.61 Å². The van der Waals surface area contributed by atoms with Gasteiger partial charge in [-0.15, -0.1) is 0 Å². The first-order valence-electron chi connectivity index (χ1n) is 9.03. The molecule has 0 saturated carbocycles. The predicted molar refractivity (Wildman–Crippen MR) is 105 cm³/mol. The highest BCUT2D eigenvalue weighted by Gasteiger charge is 2.33. The minimum Gasteiger partial charge on any atom is -0.375 e. The van der Waals surface area contributed by atoms with E-state index in [2.05, 4.69) is 10.3 Å². The van der Waals surface area contributed by atoms with Crippen molar-refractivity contribution in [2.75, 3.05) is 26.8 Å². The fourth-order valence-electron chi connectivity index (χ4n) is 3.33. The molecule has 4 rings (SSSR count). The van der Waals surface area contributed by atoms with Crippen molar-refractivity contribution < 1.29 is 14.3 Å². The molecule has 0 radical (unpaired) electrons. The van der Waals surface area contributed by atoms with Crippen LogP contribution in [0.15, 0.2) is 54.9 Å². The molecule has 3 heterocycles. The second kappa shape index (κ2) is 7.74. The third-order valence-electron chi connectivity index (χ3n) is 4.73. The number of hydrogen-bond acceptors (Lipinski definition) is 5. The summed E-state index contributed by atoms with van der Waals surface area (Å²) in [7, 11) is 1.48. The zero-order valence-corrected chi connectivity index (χ0v) is 15.5. The Balaban J connectivity index is 1.60. The zero-order chi connectivity index (χ0) is 19.5. The second-order valence-electron chi connectivity index (χ2n) is 6.72. The van der Waals surface area contributed by atoms with Gasteiger partial charge in [-0.25, -0.2) is 4.98 Å². The number of carbonyl (C=O) groups excluding carboxylic acids is 2. The summed E-state index contributed by atoms with van der Waals surface area (Å²) in [5.41, 5.74) is 3.02. The molecule has 1 aromatic carbocycles. The van der Waals surface area contributed by atoms with E-state index in [0.717, 1.165) is 22.2 Å². The van der Waals surface area contributed by atoms with E-state index in [9.17, 15) is 9.59 Å². The lowest BCUT2D eigenvalue weighted by Crippen LogP contribution is -2.61. The van der Waals surface area contributed by atoms with Crippen molar-refractivity contribution in [2.45, 2.75) is 6.04 Å². The van der Waals surface area contributed by atoms with Gasteiger partial charge in [-0.2, -0.15) is 0 Å². The van der Waals surface area contributed by atoms with Crippen LogP contribution in [0.3, 0.4) is 0 Å². The van der Waals surface area contributed by atoms with Gasteiger partial charge in [0.05, 0.1) is 22.8 Å². The van der Waals surface area contributed by atoms with E-state index in [-0.39, 0.29) is 24.5 Å². The van der Waals surface area contributed by atoms with E-state index in [0.29, 0.717) is 18.7 Å². The number of benzene rings is 1. The minimum absolute atomic E-state index is 0.0226. The van der Waals surface area contributed by atoms with Crippen molar-refractivity contribution in [1.82, 2.24) is 20.2 Å². The van der Waals surface area contributed by atoms with E-state index in [1.807, 2.05) is 42.5 Å². The fourth-order valence-corrected chi connectivity index (χ4v) is 3.33. The molecule has 3 aromatic rings. The quantitative estimate of drug-likeness (QED) is 0.735. The predicted octanol–water partition coefficient (Wildman–Crippen LogP) is 1.88. The summed E-state index contributed by atoms with van der Waals surface area (Å²) in [6.07, 6.45) is 3.41. The molecule has 1 aliphatic rings. The standard InChI is InChI=1S/C21H20N4O3/c1-28-13-20(26)23-15-11-25(12-15)21(27)17-10-19(14-6-8-22-9-7-14)24-18-5-3-2-4-16(17)18/h2-10,15H,11-13H2,1H3,(H,23,26). The number of aromatic nitrogens is 2. The van der Waals surface area contributed by atoms with Gasteiger partial charge in [0.25, 0.3) is 5.91 Å². The van der Waals surface area contributed by atoms with Crippen LogP contribution in [-0.2, 0) is 9.53 Å². The molecular weight excluding hydrogens is 356 g/mol. The molecule has 1 aliphatic heterocycles. The Bertz CT molecular complexity index is 1020. The number of pyridine rings is 2. The van der Waals surface area contributed by atoms with Crippen molar-refractivity contribution in [1.29, 1.82) is 0 Å². The molecule has 1 saturated heterocycles. The van der Waals surface area contributed by atoms with Gasteiger partial charge in [0.15, 0.2) is 0 Å². The largest absolute Gasteiger partial charge is 0.375 e. The van der Waals surface area contributed by atoms with Crippen LogP contribution in [0.1, 0.15) is 10.4 Å². The van der Waals surface area contributed by atoms with Crippen LogP contribution in [0.2, 0.25) is 0 Å².